The van der Waals surface area contributed by atoms with Crippen LogP contribution in [-0.4, -0.2) is 58.7 Å². The Kier molecular flexibility index (Phi) is 2.73. The van der Waals surface area contributed by atoms with Crippen LogP contribution in [0.25, 0.3) is 0 Å². The number of Topliss-reactive ketones (excluding diaryl/α,β-unsaturated/α-hetero) is 1. The van der Waals surface area contributed by atoms with Crippen LogP contribution in [0.15, 0.2) is 4.99 Å². The van der Waals surface area contributed by atoms with Gasteiger partial charge in [0.15, 0.2) is 11.0 Å². The highest BCUT2D eigenvalue weighted by Gasteiger charge is 2.65. The van der Waals surface area contributed by atoms with E-state index in [1.807, 2.05) is 19.0 Å². The normalized spacial score (nSPS) is 40.3. The van der Waals surface area contributed by atoms with E-state index in [0.29, 0.717) is 0 Å². The van der Waals surface area contributed by atoms with Crippen molar-refractivity contribution in [1.29, 1.82) is 0 Å². The van der Waals surface area contributed by atoms with Crippen LogP contribution in [0.2, 0.25) is 0 Å². The van der Waals surface area contributed by atoms with Crippen LogP contribution in [0, 0.1) is 5.41 Å². The molecule has 2 aliphatic heterocycles. The van der Waals surface area contributed by atoms with Gasteiger partial charge in [-0.05, 0) is 19.8 Å². The van der Waals surface area contributed by atoms with E-state index < -0.39 is 12.2 Å². The van der Waals surface area contributed by atoms with Crippen LogP contribution in [0.3, 0.4) is 0 Å². The van der Waals surface area contributed by atoms with Crippen molar-refractivity contribution >= 4 is 22.7 Å². The van der Waals surface area contributed by atoms with Crippen molar-refractivity contribution in [2.45, 2.75) is 43.5 Å². The fourth-order valence-corrected chi connectivity index (χ4v) is 4.08. The Hall–Kier alpha value is -0.590. The molecule has 1 spiro atoms. The van der Waals surface area contributed by atoms with E-state index in [4.69, 9.17) is 4.74 Å². The molecule has 3 aliphatic rings. The van der Waals surface area contributed by atoms with Gasteiger partial charge >= 0.3 is 0 Å². The Morgan fingerprint density at radius 3 is 2.72 bits per heavy atom. The number of nitrogens with zero attached hydrogens (tertiary/aromatic N) is 2. The van der Waals surface area contributed by atoms with E-state index in [2.05, 4.69) is 4.99 Å². The van der Waals surface area contributed by atoms with Gasteiger partial charge in [-0.1, -0.05) is 11.8 Å². The largest absolute Gasteiger partial charge is 0.389 e. The van der Waals surface area contributed by atoms with Gasteiger partial charge in [0.05, 0.1) is 12.1 Å². The van der Waals surface area contributed by atoms with Crippen molar-refractivity contribution in [3.63, 3.8) is 0 Å². The molecule has 0 radical (unpaired) electrons. The second-order valence-electron chi connectivity index (χ2n) is 5.58. The summed E-state index contributed by atoms with van der Waals surface area (Å²) in [7, 11) is 3.89. The van der Waals surface area contributed by atoms with E-state index in [0.717, 1.165) is 18.0 Å². The Morgan fingerprint density at radius 1 is 1.56 bits per heavy atom. The molecule has 0 amide bonds. The molecule has 0 aromatic carbocycles. The number of thioether (sulfide) groups is 1. The molecule has 18 heavy (non-hydrogen) atoms. The summed E-state index contributed by atoms with van der Waals surface area (Å²) in [5, 5.41) is 11.3. The third-order valence-electron chi connectivity index (χ3n) is 4.09. The molecule has 1 saturated carbocycles. The third kappa shape index (κ3) is 1.62. The average molecular weight is 270 g/mol. The first-order chi connectivity index (χ1) is 8.45. The van der Waals surface area contributed by atoms with E-state index in [9.17, 15) is 9.90 Å². The van der Waals surface area contributed by atoms with Gasteiger partial charge in [-0.25, -0.2) is 0 Å². The summed E-state index contributed by atoms with van der Waals surface area (Å²) in [6, 6.07) is -0.00880. The van der Waals surface area contributed by atoms with Crippen LogP contribution in [0.1, 0.15) is 19.8 Å². The van der Waals surface area contributed by atoms with Crippen molar-refractivity contribution in [2.24, 2.45) is 10.4 Å². The molecular formula is C12H18N2O3S. The van der Waals surface area contributed by atoms with Crippen molar-refractivity contribution in [3.05, 3.63) is 0 Å². The minimum atomic E-state index is -0.706. The lowest BCUT2D eigenvalue weighted by Gasteiger charge is -2.40. The molecule has 3 rings (SSSR count). The SMILES string of the molecule is CC(=O)[C@H]1O[C@@H]2SC(N(C)C)=N[C@@H]2C2(CC2)[C@@H]1O. The highest BCUT2D eigenvalue weighted by Crippen LogP contribution is 2.60. The van der Waals surface area contributed by atoms with Gasteiger partial charge < -0.3 is 14.7 Å². The van der Waals surface area contributed by atoms with E-state index >= 15 is 0 Å². The number of fused-ring (bicyclic) bond motifs is 2. The summed E-state index contributed by atoms with van der Waals surface area (Å²) >= 11 is 1.56. The average Bonchev–Trinajstić information content (AvgIpc) is 2.96. The van der Waals surface area contributed by atoms with Gasteiger partial charge in [0.2, 0.25) is 0 Å². The van der Waals surface area contributed by atoms with E-state index in [1.165, 1.54) is 6.92 Å². The molecule has 1 aliphatic carbocycles. The standard InChI is InChI=1S/C12H18N2O3S/c1-6(15)7-9(16)12(4-5-12)8-10(17-7)18-11(13-8)14(2)3/h7-10,16H,4-5H2,1-3H3/t7-,8+,9-,10-/m1/s1. The Labute approximate surface area is 111 Å². The highest BCUT2D eigenvalue weighted by molar-refractivity contribution is 8.14. The molecule has 5 nitrogen and oxygen atoms in total. The smallest absolute Gasteiger partial charge is 0.161 e. The van der Waals surface area contributed by atoms with Crippen molar-refractivity contribution in [1.82, 2.24) is 4.90 Å². The summed E-state index contributed by atoms with van der Waals surface area (Å²) in [5.41, 5.74) is -0.341. The second kappa shape index (κ2) is 3.95. The summed E-state index contributed by atoms with van der Waals surface area (Å²) in [5.74, 6) is -0.0915. The molecule has 0 aromatic heterocycles. The van der Waals surface area contributed by atoms with Crippen LogP contribution in [0.5, 0.6) is 0 Å². The number of ketones is 1. The van der Waals surface area contributed by atoms with Gasteiger partial charge in [-0.2, -0.15) is 0 Å². The van der Waals surface area contributed by atoms with Gasteiger partial charge in [0.25, 0.3) is 0 Å². The van der Waals surface area contributed by atoms with Crippen molar-refractivity contribution < 1.29 is 14.6 Å². The number of amidine groups is 1. The molecule has 1 saturated heterocycles. The van der Waals surface area contributed by atoms with Crippen LogP contribution < -0.4 is 0 Å². The number of carbonyl (C=O) groups is 1. The lowest BCUT2D eigenvalue weighted by Crippen LogP contribution is -2.55. The number of ether oxygens (including phenoxy) is 1. The van der Waals surface area contributed by atoms with Gasteiger partial charge in [0.1, 0.15) is 11.5 Å². The minimum absolute atomic E-state index is 0.00880. The number of carbonyl (C=O) groups excluding carboxylic acids is 1. The first-order valence-electron chi connectivity index (χ1n) is 6.21. The number of hydrogen-bond donors (Lipinski definition) is 1. The summed E-state index contributed by atoms with van der Waals surface area (Å²) in [6.45, 7) is 1.48. The molecule has 100 valence electrons. The molecular weight excluding hydrogens is 252 g/mol. The maximum absolute atomic E-state index is 11.6. The van der Waals surface area contributed by atoms with Gasteiger partial charge in [-0.15, -0.1) is 0 Å². The molecule has 6 heteroatoms. The summed E-state index contributed by atoms with van der Waals surface area (Å²) in [6.07, 6.45) is 0.487. The van der Waals surface area contributed by atoms with Crippen LogP contribution in [0.4, 0.5) is 0 Å². The molecule has 0 bridgehead atoms. The Balaban J connectivity index is 1.90. The molecule has 1 N–H and O–H groups in total. The Bertz CT molecular complexity index is 420. The number of aliphatic hydroxyl groups is 1. The van der Waals surface area contributed by atoms with E-state index in [-0.39, 0.29) is 22.7 Å². The predicted octanol–water partition coefficient (Wildman–Crippen LogP) is 0.474. The van der Waals surface area contributed by atoms with Crippen LogP contribution >= 0.6 is 11.8 Å². The number of aliphatic hydroxyl groups excluding tert-OH is 1. The molecule has 2 fully saturated rings. The highest BCUT2D eigenvalue weighted by atomic mass is 32.2. The zero-order chi connectivity index (χ0) is 13.1. The molecule has 0 aromatic rings. The molecule has 2 heterocycles. The number of rotatable bonds is 1. The molecule has 0 unspecified atom stereocenters. The first kappa shape index (κ1) is 12.4. The quantitative estimate of drug-likeness (QED) is 0.750. The topological polar surface area (TPSA) is 62.1 Å². The zero-order valence-corrected chi connectivity index (χ0v) is 11.6. The minimum Gasteiger partial charge on any atom is -0.389 e. The number of hydrogen-bond acceptors (Lipinski definition) is 6. The van der Waals surface area contributed by atoms with Crippen molar-refractivity contribution in [2.75, 3.05) is 14.1 Å². The zero-order valence-electron chi connectivity index (χ0n) is 10.8. The van der Waals surface area contributed by atoms with Gasteiger partial charge in [0, 0.05) is 19.5 Å². The number of aliphatic imine (C=N–C) groups is 1. The third-order valence-corrected chi connectivity index (χ3v) is 5.37. The summed E-state index contributed by atoms with van der Waals surface area (Å²) < 4.78 is 5.76. The van der Waals surface area contributed by atoms with Crippen LogP contribution in [-0.2, 0) is 9.53 Å². The maximum Gasteiger partial charge on any atom is 0.161 e. The molecule has 4 atom stereocenters. The first-order valence-corrected chi connectivity index (χ1v) is 7.09. The lowest BCUT2D eigenvalue weighted by molar-refractivity contribution is -0.159. The lowest BCUT2D eigenvalue weighted by atomic mass is 9.84. The summed E-state index contributed by atoms with van der Waals surface area (Å²) in [4.78, 5) is 18.2. The van der Waals surface area contributed by atoms with Gasteiger partial charge in [-0.3, -0.25) is 9.79 Å². The van der Waals surface area contributed by atoms with E-state index in [1.54, 1.807) is 11.8 Å². The fourth-order valence-electron chi connectivity index (χ4n) is 2.85. The van der Waals surface area contributed by atoms with Crippen molar-refractivity contribution in [3.8, 4) is 0 Å². The predicted molar refractivity (Wildman–Crippen MR) is 69.5 cm³/mol. The second-order valence-corrected chi connectivity index (χ2v) is 6.65. The Morgan fingerprint density at radius 2 is 2.22 bits per heavy atom. The monoisotopic (exact) mass is 270 g/mol. The maximum atomic E-state index is 11.6. The fraction of sp³-hybridized carbons (Fsp3) is 0.833.